The van der Waals surface area contributed by atoms with E-state index in [2.05, 4.69) is 0 Å². The van der Waals surface area contributed by atoms with Gasteiger partial charge in [-0.2, -0.15) is 0 Å². The number of carbonyl (C=O) groups excluding carboxylic acids is 1. The van der Waals surface area contributed by atoms with Crippen molar-refractivity contribution in [3.05, 3.63) is 65.2 Å². The fourth-order valence-corrected chi connectivity index (χ4v) is 6.51. The first-order valence-electron chi connectivity index (χ1n) is 13.0. The summed E-state index contributed by atoms with van der Waals surface area (Å²) in [6, 6.07) is 13.1. The minimum atomic E-state index is -4.09. The van der Waals surface area contributed by atoms with Gasteiger partial charge in [0.25, 0.3) is 0 Å². The topological polar surface area (TPSA) is 141 Å². The minimum absolute atomic E-state index is 0.0442. The van der Waals surface area contributed by atoms with Gasteiger partial charge in [0, 0.05) is 22.9 Å². The first kappa shape index (κ1) is 31.4. The first-order chi connectivity index (χ1) is 17.5. The Kier molecular flexibility index (Phi) is 13.2. The van der Waals surface area contributed by atoms with Crippen LogP contribution in [0, 0.1) is 0 Å². The van der Waals surface area contributed by atoms with Gasteiger partial charge in [0.05, 0.1) is 12.3 Å². The van der Waals surface area contributed by atoms with Gasteiger partial charge in [0.15, 0.2) is 5.78 Å². The van der Waals surface area contributed by atoms with Gasteiger partial charge in [-0.1, -0.05) is 82.2 Å². The van der Waals surface area contributed by atoms with Gasteiger partial charge in [0.1, 0.15) is 5.75 Å². The van der Waals surface area contributed by atoms with Gasteiger partial charge in [-0.25, -0.2) is 0 Å². The molecule has 0 amide bonds. The molecule has 10 heteroatoms. The maximum Gasteiger partial charge on any atom is 0.335 e. The molecule has 0 saturated heterocycles. The number of ketones is 1. The zero-order valence-corrected chi connectivity index (χ0v) is 23.3. The normalized spacial score (nSPS) is 14.3. The Morgan fingerprint density at radius 1 is 0.811 bits per heavy atom. The molecule has 0 aliphatic carbocycles. The lowest BCUT2D eigenvalue weighted by molar-refractivity contribution is 0.103. The van der Waals surface area contributed by atoms with Crippen LogP contribution in [0.3, 0.4) is 0 Å². The highest BCUT2D eigenvalue weighted by Gasteiger charge is 2.34. The van der Waals surface area contributed by atoms with Gasteiger partial charge in [-0.05, 0) is 37.5 Å². The second kappa shape index (κ2) is 15.6. The van der Waals surface area contributed by atoms with E-state index in [1.165, 1.54) is 18.2 Å². The summed E-state index contributed by atoms with van der Waals surface area (Å²) in [4.78, 5) is 41.2. The Morgan fingerprint density at radius 2 is 1.38 bits per heavy atom. The highest BCUT2D eigenvalue weighted by Crippen LogP contribution is 2.59. The third-order valence-electron chi connectivity index (χ3n) is 6.34. The molecule has 2 aromatic rings. The predicted octanol–water partition coefficient (Wildman–Crippen LogP) is 6.96. The van der Waals surface area contributed by atoms with E-state index in [-0.39, 0.29) is 36.3 Å². The largest absolute Gasteiger partial charge is 0.508 e. The van der Waals surface area contributed by atoms with E-state index in [1.54, 1.807) is 31.2 Å². The van der Waals surface area contributed by atoms with Crippen LogP contribution in [0.15, 0.2) is 48.5 Å². The lowest BCUT2D eigenvalue weighted by Crippen LogP contribution is -2.07. The second-order valence-electron chi connectivity index (χ2n) is 9.36. The van der Waals surface area contributed by atoms with E-state index in [9.17, 15) is 23.9 Å². The van der Waals surface area contributed by atoms with Crippen LogP contribution >= 0.6 is 15.2 Å². The molecule has 0 spiro atoms. The molecule has 37 heavy (non-hydrogen) atoms. The van der Waals surface area contributed by atoms with E-state index in [1.807, 2.05) is 6.07 Å². The van der Waals surface area contributed by atoms with E-state index in [4.69, 9.17) is 14.3 Å². The Labute approximate surface area is 219 Å². The summed E-state index contributed by atoms with van der Waals surface area (Å²) in [5.41, 5.74) is 0.118. The molecule has 0 heterocycles. The summed E-state index contributed by atoms with van der Waals surface area (Å²) in [7, 11) is -7.97. The van der Waals surface area contributed by atoms with Crippen LogP contribution in [-0.4, -0.2) is 38.3 Å². The van der Waals surface area contributed by atoms with Crippen molar-refractivity contribution in [2.24, 2.45) is 0 Å². The summed E-state index contributed by atoms with van der Waals surface area (Å²) in [6.07, 6.45) is 8.13. The summed E-state index contributed by atoms with van der Waals surface area (Å²) >= 11 is 0. The molecule has 4 N–H and O–H groups in total. The smallest absolute Gasteiger partial charge is 0.335 e. The van der Waals surface area contributed by atoms with Crippen molar-refractivity contribution >= 4 is 21.0 Å². The molecule has 0 aliphatic rings. The average molecular weight is 555 g/mol. The Balaban J connectivity index is 1.78. The molecule has 0 radical (unpaired) electrons. The van der Waals surface area contributed by atoms with Crippen LogP contribution in [0.5, 0.6) is 5.75 Å². The van der Waals surface area contributed by atoms with Crippen molar-refractivity contribution in [2.75, 3.05) is 12.8 Å². The van der Waals surface area contributed by atoms with E-state index >= 15 is 0 Å². The molecule has 206 valence electrons. The van der Waals surface area contributed by atoms with Gasteiger partial charge in [-0.15, -0.1) is 0 Å². The maximum absolute atomic E-state index is 13.1. The van der Waals surface area contributed by atoms with E-state index < -0.39 is 20.9 Å². The number of aromatic hydroxyl groups is 1. The van der Waals surface area contributed by atoms with Crippen LogP contribution in [0.4, 0.5) is 0 Å². The number of carbonyl (C=O) groups is 1. The lowest BCUT2D eigenvalue weighted by atomic mass is 9.99. The van der Waals surface area contributed by atoms with Crippen molar-refractivity contribution in [1.82, 2.24) is 0 Å². The summed E-state index contributed by atoms with van der Waals surface area (Å²) < 4.78 is 29.3. The highest BCUT2D eigenvalue weighted by molar-refractivity contribution is 7.53. The third-order valence-corrected chi connectivity index (χ3v) is 9.22. The SMILES string of the molecule is CCC(c1cc(C(=O)c2ccccc2)ccc1O)P(=O)(O)OCCCCCCCCCCCP(=O)(O)O. The zero-order chi connectivity index (χ0) is 27.3. The number of hydrogen-bond acceptors (Lipinski definition) is 5. The number of phenols is 1. The number of unbranched alkanes of at least 4 members (excludes halogenated alkanes) is 8. The van der Waals surface area contributed by atoms with Crippen LogP contribution in [0.2, 0.25) is 0 Å². The van der Waals surface area contributed by atoms with Gasteiger partial charge in [0.2, 0.25) is 0 Å². The van der Waals surface area contributed by atoms with Crippen LogP contribution in [0.25, 0.3) is 0 Å². The second-order valence-corrected chi connectivity index (χ2v) is 13.1. The van der Waals surface area contributed by atoms with Crippen molar-refractivity contribution in [2.45, 2.75) is 76.8 Å². The number of hydrogen-bond donors (Lipinski definition) is 4. The number of benzene rings is 2. The van der Waals surface area contributed by atoms with Crippen molar-refractivity contribution in [3.63, 3.8) is 0 Å². The number of phenolic OH excluding ortho intramolecular Hbond substituents is 1. The molecule has 2 atom stereocenters. The molecule has 0 bridgehead atoms. The Hall–Kier alpha value is -1.79. The molecular formula is C27H40O8P2. The van der Waals surface area contributed by atoms with Crippen molar-refractivity contribution in [3.8, 4) is 5.75 Å². The molecule has 0 fully saturated rings. The maximum atomic E-state index is 13.1. The predicted molar refractivity (Wildman–Crippen MR) is 145 cm³/mol. The fraction of sp³-hybridized carbons (Fsp3) is 0.519. The van der Waals surface area contributed by atoms with Crippen LogP contribution < -0.4 is 0 Å². The molecule has 0 saturated carbocycles. The minimum Gasteiger partial charge on any atom is -0.508 e. The molecule has 2 unspecified atom stereocenters. The van der Waals surface area contributed by atoms with Crippen molar-refractivity contribution in [1.29, 1.82) is 0 Å². The molecule has 8 nitrogen and oxygen atoms in total. The number of rotatable bonds is 18. The lowest BCUT2D eigenvalue weighted by Gasteiger charge is -2.23. The van der Waals surface area contributed by atoms with Gasteiger partial charge in [-0.3, -0.25) is 13.9 Å². The molecule has 2 rings (SSSR count). The molecule has 2 aromatic carbocycles. The van der Waals surface area contributed by atoms with E-state index in [0.717, 1.165) is 44.9 Å². The monoisotopic (exact) mass is 554 g/mol. The molecule has 0 aliphatic heterocycles. The van der Waals surface area contributed by atoms with Crippen LogP contribution in [-0.2, 0) is 13.7 Å². The van der Waals surface area contributed by atoms with Crippen molar-refractivity contribution < 1.29 is 38.2 Å². The zero-order valence-electron chi connectivity index (χ0n) is 21.5. The standard InChI is InChI=1S/C27H40O8P2/c1-2-26(24-21-23(17-18-25(24)28)27(29)22-15-11-10-12-16-22)37(33,34)35-19-13-8-6-4-3-5-7-9-14-20-36(30,31)32/h10-12,15-18,21,26,28H,2-9,13-14,19-20H2,1H3,(H,33,34)(H2,30,31,32). The Bertz CT molecular complexity index is 1070. The summed E-state index contributed by atoms with van der Waals surface area (Å²) in [5, 5.41) is 10.4. The highest BCUT2D eigenvalue weighted by atomic mass is 31.2. The summed E-state index contributed by atoms with van der Waals surface area (Å²) in [5.74, 6) is -0.373. The molecular weight excluding hydrogens is 514 g/mol. The van der Waals surface area contributed by atoms with Gasteiger partial charge < -0.3 is 24.3 Å². The van der Waals surface area contributed by atoms with Crippen LogP contribution in [0.1, 0.15) is 98.3 Å². The van der Waals surface area contributed by atoms with Gasteiger partial charge >= 0.3 is 15.2 Å². The Morgan fingerprint density at radius 3 is 1.95 bits per heavy atom. The average Bonchev–Trinajstić information content (AvgIpc) is 2.85. The molecule has 0 aromatic heterocycles. The van der Waals surface area contributed by atoms with E-state index in [0.29, 0.717) is 24.0 Å². The fourth-order valence-electron chi connectivity index (χ4n) is 4.29. The quantitative estimate of drug-likeness (QED) is 0.0880. The first-order valence-corrected chi connectivity index (χ1v) is 16.4. The third kappa shape index (κ3) is 11.2. The summed E-state index contributed by atoms with van der Waals surface area (Å²) in [6.45, 7) is 1.88.